The van der Waals surface area contributed by atoms with Crippen LogP contribution in [-0.2, 0) is 9.53 Å². The van der Waals surface area contributed by atoms with Crippen LogP contribution in [0.1, 0.15) is 26.7 Å². The van der Waals surface area contributed by atoms with Gasteiger partial charge in [-0.3, -0.25) is 4.79 Å². The van der Waals surface area contributed by atoms with E-state index in [1.165, 1.54) is 0 Å². The van der Waals surface area contributed by atoms with E-state index in [0.717, 1.165) is 0 Å². The fraction of sp³-hybridized carbons (Fsp3) is 0.818. The summed E-state index contributed by atoms with van der Waals surface area (Å²) in [7, 11) is 1.62. The van der Waals surface area contributed by atoms with Crippen LogP contribution in [0.2, 0.25) is 0 Å². The number of amides is 2. The molecule has 0 aliphatic carbocycles. The topological polar surface area (TPSA) is 87.7 Å². The van der Waals surface area contributed by atoms with E-state index in [4.69, 9.17) is 9.84 Å². The number of nitrogens with one attached hydrogen (secondary N) is 2. The highest BCUT2D eigenvalue weighted by molar-refractivity contribution is 5.74. The number of carbonyl (C=O) groups excluding carboxylic acids is 1. The van der Waals surface area contributed by atoms with Gasteiger partial charge in [0.1, 0.15) is 0 Å². The lowest BCUT2D eigenvalue weighted by Crippen LogP contribution is -2.42. The highest BCUT2D eigenvalue weighted by Gasteiger charge is 2.09. The van der Waals surface area contributed by atoms with Gasteiger partial charge in [-0.05, 0) is 19.3 Å². The first-order valence-electron chi connectivity index (χ1n) is 5.70. The van der Waals surface area contributed by atoms with Crippen LogP contribution >= 0.6 is 0 Å². The summed E-state index contributed by atoms with van der Waals surface area (Å²) >= 11 is 0. The molecule has 0 aromatic rings. The van der Waals surface area contributed by atoms with E-state index >= 15 is 0 Å². The number of hydrogen-bond acceptors (Lipinski definition) is 3. The molecule has 2 atom stereocenters. The van der Waals surface area contributed by atoms with Crippen molar-refractivity contribution in [1.29, 1.82) is 0 Å². The van der Waals surface area contributed by atoms with Crippen LogP contribution in [0.5, 0.6) is 0 Å². The Morgan fingerprint density at radius 2 is 2.00 bits per heavy atom. The smallest absolute Gasteiger partial charge is 0.315 e. The van der Waals surface area contributed by atoms with Crippen molar-refractivity contribution in [2.24, 2.45) is 5.92 Å². The Morgan fingerprint density at radius 3 is 2.53 bits per heavy atom. The number of aliphatic carboxylic acids is 1. The van der Waals surface area contributed by atoms with Crippen molar-refractivity contribution in [2.75, 3.05) is 20.3 Å². The fourth-order valence-corrected chi connectivity index (χ4v) is 1.30. The van der Waals surface area contributed by atoms with Crippen molar-refractivity contribution in [3.8, 4) is 0 Å². The molecule has 0 aromatic heterocycles. The molecular formula is C11H22N2O4. The molecule has 6 nitrogen and oxygen atoms in total. The Kier molecular flexibility index (Phi) is 8.13. The lowest BCUT2D eigenvalue weighted by Gasteiger charge is -2.15. The molecular weight excluding hydrogens is 224 g/mol. The van der Waals surface area contributed by atoms with E-state index in [1.54, 1.807) is 14.0 Å². The van der Waals surface area contributed by atoms with Gasteiger partial charge in [0.15, 0.2) is 0 Å². The first kappa shape index (κ1) is 15.7. The zero-order valence-electron chi connectivity index (χ0n) is 10.7. The third-order valence-corrected chi connectivity index (χ3v) is 2.23. The van der Waals surface area contributed by atoms with Crippen LogP contribution < -0.4 is 10.6 Å². The maximum absolute atomic E-state index is 11.4. The minimum Gasteiger partial charge on any atom is -0.481 e. The zero-order chi connectivity index (χ0) is 13.3. The second-order valence-corrected chi connectivity index (χ2v) is 4.25. The summed E-state index contributed by atoms with van der Waals surface area (Å²) in [5.74, 6) is -0.604. The molecule has 0 aromatic carbocycles. The SMILES string of the molecule is COCC(C)CNC(=O)NC(C)CCC(=O)O. The van der Waals surface area contributed by atoms with E-state index in [0.29, 0.717) is 19.6 Å². The fourth-order valence-electron chi connectivity index (χ4n) is 1.30. The summed E-state index contributed by atoms with van der Waals surface area (Å²) in [5, 5.41) is 13.9. The van der Waals surface area contributed by atoms with E-state index < -0.39 is 5.97 Å². The van der Waals surface area contributed by atoms with Gasteiger partial charge in [0, 0.05) is 26.1 Å². The molecule has 0 bridgehead atoms. The normalized spacial score (nSPS) is 13.8. The number of carboxylic acid groups (broad SMARTS) is 1. The van der Waals surface area contributed by atoms with Crippen molar-refractivity contribution in [3.63, 3.8) is 0 Å². The molecule has 0 saturated heterocycles. The Morgan fingerprint density at radius 1 is 1.35 bits per heavy atom. The molecule has 0 fully saturated rings. The van der Waals surface area contributed by atoms with E-state index in [9.17, 15) is 9.59 Å². The van der Waals surface area contributed by atoms with Gasteiger partial charge in [-0.2, -0.15) is 0 Å². The summed E-state index contributed by atoms with van der Waals surface area (Å²) in [6, 6.07) is -0.422. The number of methoxy groups -OCH3 is 1. The standard InChI is InChI=1S/C11H22N2O4/c1-8(7-17-3)6-12-11(16)13-9(2)4-5-10(14)15/h8-9H,4-7H2,1-3H3,(H,14,15)(H2,12,13,16). The second-order valence-electron chi connectivity index (χ2n) is 4.25. The molecule has 0 rings (SSSR count). The maximum atomic E-state index is 11.4. The van der Waals surface area contributed by atoms with E-state index in [-0.39, 0.29) is 24.4 Å². The van der Waals surface area contributed by atoms with Crippen molar-refractivity contribution in [1.82, 2.24) is 10.6 Å². The highest BCUT2D eigenvalue weighted by Crippen LogP contribution is 1.96. The van der Waals surface area contributed by atoms with Crippen LogP contribution in [0.3, 0.4) is 0 Å². The van der Waals surface area contributed by atoms with Crippen LogP contribution in [-0.4, -0.2) is 43.4 Å². The van der Waals surface area contributed by atoms with E-state index in [1.807, 2.05) is 6.92 Å². The molecule has 3 N–H and O–H groups in total. The molecule has 0 saturated carbocycles. The average Bonchev–Trinajstić information content (AvgIpc) is 2.24. The zero-order valence-corrected chi connectivity index (χ0v) is 10.7. The molecule has 0 aliphatic heterocycles. The van der Waals surface area contributed by atoms with Gasteiger partial charge >= 0.3 is 12.0 Å². The number of ether oxygens (including phenoxy) is 1. The molecule has 17 heavy (non-hydrogen) atoms. The largest absolute Gasteiger partial charge is 0.481 e. The second kappa shape index (κ2) is 8.81. The highest BCUT2D eigenvalue weighted by atomic mass is 16.5. The molecule has 0 aliphatic rings. The summed E-state index contributed by atoms with van der Waals surface area (Å²) in [4.78, 5) is 21.7. The van der Waals surface area contributed by atoms with Crippen molar-refractivity contribution in [2.45, 2.75) is 32.7 Å². The van der Waals surface area contributed by atoms with Crippen LogP contribution in [0.15, 0.2) is 0 Å². The molecule has 0 spiro atoms. The lowest BCUT2D eigenvalue weighted by atomic mass is 10.2. The summed E-state index contributed by atoms with van der Waals surface area (Å²) < 4.78 is 4.94. The Bertz CT molecular complexity index is 246. The van der Waals surface area contributed by atoms with Crippen LogP contribution in [0.25, 0.3) is 0 Å². The minimum atomic E-state index is -0.854. The van der Waals surface area contributed by atoms with Gasteiger partial charge in [0.25, 0.3) is 0 Å². The van der Waals surface area contributed by atoms with Gasteiger partial charge in [0.05, 0.1) is 6.61 Å². The number of rotatable bonds is 8. The monoisotopic (exact) mass is 246 g/mol. The van der Waals surface area contributed by atoms with Gasteiger partial charge in [0.2, 0.25) is 0 Å². The summed E-state index contributed by atoms with van der Waals surface area (Å²) in [6.07, 6.45) is 0.484. The van der Waals surface area contributed by atoms with Crippen LogP contribution in [0.4, 0.5) is 4.79 Å². The van der Waals surface area contributed by atoms with Gasteiger partial charge in [-0.1, -0.05) is 6.92 Å². The van der Waals surface area contributed by atoms with Crippen molar-refractivity contribution >= 4 is 12.0 Å². The molecule has 2 amide bonds. The Hall–Kier alpha value is -1.30. The molecule has 100 valence electrons. The van der Waals surface area contributed by atoms with Gasteiger partial charge < -0.3 is 20.5 Å². The Balaban J connectivity index is 3.67. The number of carbonyl (C=O) groups is 2. The molecule has 0 heterocycles. The summed E-state index contributed by atoms with van der Waals surface area (Å²) in [5.41, 5.74) is 0. The van der Waals surface area contributed by atoms with Crippen molar-refractivity contribution < 1.29 is 19.4 Å². The van der Waals surface area contributed by atoms with Gasteiger partial charge in [-0.25, -0.2) is 4.79 Å². The Labute approximate surface area is 102 Å². The molecule has 2 unspecified atom stereocenters. The third kappa shape index (κ3) is 9.62. The van der Waals surface area contributed by atoms with Crippen molar-refractivity contribution in [3.05, 3.63) is 0 Å². The minimum absolute atomic E-state index is 0.0571. The lowest BCUT2D eigenvalue weighted by molar-refractivity contribution is -0.137. The van der Waals surface area contributed by atoms with Crippen LogP contribution in [0, 0.1) is 5.92 Å². The first-order chi connectivity index (χ1) is 7.95. The van der Waals surface area contributed by atoms with Gasteiger partial charge in [-0.15, -0.1) is 0 Å². The first-order valence-corrected chi connectivity index (χ1v) is 5.70. The number of urea groups is 1. The predicted octanol–water partition coefficient (Wildman–Crippen LogP) is 0.821. The maximum Gasteiger partial charge on any atom is 0.315 e. The predicted molar refractivity (Wildman–Crippen MR) is 63.9 cm³/mol. The summed E-state index contributed by atoms with van der Waals surface area (Å²) in [6.45, 7) is 4.87. The molecule has 6 heteroatoms. The molecule has 0 radical (unpaired) electrons. The number of carboxylic acids is 1. The quantitative estimate of drug-likeness (QED) is 0.591. The third-order valence-electron chi connectivity index (χ3n) is 2.23. The average molecular weight is 246 g/mol. The van der Waals surface area contributed by atoms with E-state index in [2.05, 4.69) is 10.6 Å². The number of hydrogen-bond donors (Lipinski definition) is 3.